The number of carbonyl (C=O) groups is 1. The molecule has 1 amide bonds. The Morgan fingerprint density at radius 1 is 1.05 bits per heavy atom. The number of pyridine rings is 1. The molecule has 0 spiro atoms. The van der Waals surface area contributed by atoms with E-state index < -0.39 is 10.8 Å². The van der Waals surface area contributed by atoms with Crippen LogP contribution in [-0.4, -0.2) is 70.9 Å². The number of hydrogen-bond acceptors (Lipinski definition) is 8. The molecule has 4 heterocycles. The van der Waals surface area contributed by atoms with E-state index in [1.807, 2.05) is 48.7 Å². The van der Waals surface area contributed by atoms with Crippen LogP contribution in [0, 0.1) is 0 Å². The molecular weight excluding hydrogens is 506 g/mol. The molecule has 6 rings (SSSR count). The standard InChI is InChI=1S/C27H29N5O3S2/c33-27(20-3-1-19(2-4-20)18-31-11-15-37(34)16-12-31)29-21-5-6-24-22(17-21)30-26-25(36-24)23(7-8-28-26)32-9-13-35-14-10-32/h1-8,17H,9-16,18H2,(H,28,30)(H,29,33). The number of amides is 1. The Hall–Kier alpha value is -2.92. The zero-order valence-electron chi connectivity index (χ0n) is 20.4. The molecule has 192 valence electrons. The molecule has 10 heteroatoms. The Balaban J connectivity index is 1.11. The number of benzene rings is 2. The predicted octanol–water partition coefficient (Wildman–Crippen LogP) is 3.94. The molecule has 3 aliphatic heterocycles. The van der Waals surface area contributed by atoms with Crippen molar-refractivity contribution in [2.24, 2.45) is 0 Å². The van der Waals surface area contributed by atoms with Gasteiger partial charge in [0.05, 0.1) is 29.5 Å². The van der Waals surface area contributed by atoms with Gasteiger partial charge in [-0.2, -0.15) is 0 Å². The Morgan fingerprint density at radius 2 is 1.84 bits per heavy atom. The van der Waals surface area contributed by atoms with E-state index in [9.17, 15) is 9.00 Å². The smallest absolute Gasteiger partial charge is 0.255 e. The molecule has 1 aromatic heterocycles. The molecule has 0 bridgehead atoms. The Kier molecular flexibility index (Phi) is 7.14. The van der Waals surface area contributed by atoms with Crippen LogP contribution < -0.4 is 15.5 Å². The molecule has 8 nitrogen and oxygen atoms in total. The summed E-state index contributed by atoms with van der Waals surface area (Å²) >= 11 is 1.70. The predicted molar refractivity (Wildman–Crippen MR) is 149 cm³/mol. The summed E-state index contributed by atoms with van der Waals surface area (Å²) in [4.78, 5) is 24.4. The number of carbonyl (C=O) groups excluding carboxylic acids is 1. The number of rotatable bonds is 5. The number of nitrogens with one attached hydrogen (secondary N) is 2. The average Bonchev–Trinajstić information content (AvgIpc) is 2.93. The zero-order chi connectivity index (χ0) is 25.2. The van der Waals surface area contributed by atoms with E-state index in [-0.39, 0.29) is 5.91 Å². The van der Waals surface area contributed by atoms with E-state index in [4.69, 9.17) is 4.74 Å². The van der Waals surface area contributed by atoms with Crippen LogP contribution in [0.3, 0.4) is 0 Å². The van der Waals surface area contributed by atoms with Crippen LogP contribution >= 0.6 is 11.8 Å². The molecule has 2 saturated heterocycles. The SMILES string of the molecule is O=C(Nc1ccc2c(c1)Nc1nccc(N3CCOCC3)c1S2)c1ccc(CN2CCS(=O)CC2)cc1. The lowest BCUT2D eigenvalue weighted by molar-refractivity contribution is 0.102. The van der Waals surface area contributed by atoms with Crippen molar-refractivity contribution in [1.29, 1.82) is 0 Å². The van der Waals surface area contributed by atoms with Crippen LogP contribution in [0.15, 0.2) is 64.5 Å². The maximum atomic E-state index is 12.9. The minimum Gasteiger partial charge on any atom is -0.378 e. The Bertz CT molecular complexity index is 1320. The van der Waals surface area contributed by atoms with E-state index in [2.05, 4.69) is 31.5 Å². The Labute approximate surface area is 223 Å². The molecule has 2 aromatic carbocycles. The third-order valence-electron chi connectivity index (χ3n) is 6.83. The van der Waals surface area contributed by atoms with Crippen molar-refractivity contribution >= 4 is 51.3 Å². The van der Waals surface area contributed by atoms with Gasteiger partial charge in [-0.05, 0) is 42.0 Å². The van der Waals surface area contributed by atoms with Gasteiger partial charge in [-0.25, -0.2) is 4.98 Å². The second kappa shape index (κ2) is 10.8. The van der Waals surface area contributed by atoms with Crippen LogP contribution in [-0.2, 0) is 22.1 Å². The fourth-order valence-corrected chi connectivity index (χ4v) is 6.98. The average molecular weight is 536 g/mol. The van der Waals surface area contributed by atoms with Crippen molar-refractivity contribution in [3.05, 3.63) is 65.9 Å². The molecule has 0 saturated carbocycles. The Morgan fingerprint density at radius 3 is 2.62 bits per heavy atom. The topological polar surface area (TPSA) is 86.8 Å². The number of ether oxygens (including phenoxy) is 1. The molecule has 3 aromatic rings. The monoisotopic (exact) mass is 535 g/mol. The van der Waals surface area contributed by atoms with E-state index in [1.165, 1.54) is 5.69 Å². The molecular formula is C27H29N5O3S2. The fourth-order valence-electron chi connectivity index (χ4n) is 4.77. The van der Waals surface area contributed by atoms with Crippen molar-refractivity contribution in [2.75, 3.05) is 66.4 Å². The lowest BCUT2D eigenvalue weighted by Crippen LogP contribution is -2.37. The largest absolute Gasteiger partial charge is 0.378 e. The number of aromatic nitrogens is 1. The molecule has 2 fully saturated rings. The normalized spacial score (nSPS) is 18.0. The first kappa shape index (κ1) is 24.4. The van der Waals surface area contributed by atoms with E-state index in [0.717, 1.165) is 90.0 Å². The zero-order valence-corrected chi connectivity index (χ0v) is 22.1. The van der Waals surface area contributed by atoms with Crippen LogP contribution in [0.25, 0.3) is 0 Å². The second-order valence-electron chi connectivity index (χ2n) is 9.32. The van der Waals surface area contributed by atoms with Gasteiger partial charge in [-0.1, -0.05) is 23.9 Å². The number of fused-ring (bicyclic) bond motifs is 2. The summed E-state index contributed by atoms with van der Waals surface area (Å²) in [5.74, 6) is 2.17. The third-order valence-corrected chi connectivity index (χ3v) is 9.29. The number of anilines is 4. The van der Waals surface area contributed by atoms with E-state index in [1.54, 1.807) is 11.8 Å². The quantitative estimate of drug-likeness (QED) is 0.398. The molecule has 0 unspecified atom stereocenters. The summed E-state index contributed by atoms with van der Waals surface area (Å²) in [6.45, 7) is 5.74. The molecule has 0 atom stereocenters. The maximum absolute atomic E-state index is 12.9. The molecule has 37 heavy (non-hydrogen) atoms. The van der Waals surface area contributed by atoms with Gasteiger partial charge >= 0.3 is 0 Å². The summed E-state index contributed by atoms with van der Waals surface area (Å²) < 4.78 is 17.1. The number of hydrogen-bond donors (Lipinski definition) is 2. The summed E-state index contributed by atoms with van der Waals surface area (Å²) in [7, 11) is -0.673. The highest BCUT2D eigenvalue weighted by Gasteiger charge is 2.24. The minimum atomic E-state index is -0.673. The van der Waals surface area contributed by atoms with Crippen molar-refractivity contribution in [3.63, 3.8) is 0 Å². The van der Waals surface area contributed by atoms with Gasteiger partial charge in [-0.15, -0.1) is 0 Å². The fraction of sp³-hybridized carbons (Fsp3) is 0.333. The van der Waals surface area contributed by atoms with E-state index >= 15 is 0 Å². The summed E-state index contributed by atoms with van der Waals surface area (Å²) in [6.07, 6.45) is 1.84. The van der Waals surface area contributed by atoms with Crippen molar-refractivity contribution in [3.8, 4) is 0 Å². The van der Waals surface area contributed by atoms with Gasteiger partial charge in [0, 0.05) is 77.4 Å². The van der Waals surface area contributed by atoms with Crippen LogP contribution in [0.2, 0.25) is 0 Å². The van der Waals surface area contributed by atoms with Gasteiger partial charge in [0.15, 0.2) is 0 Å². The van der Waals surface area contributed by atoms with Crippen molar-refractivity contribution in [1.82, 2.24) is 9.88 Å². The highest BCUT2D eigenvalue weighted by molar-refractivity contribution is 8.00. The molecule has 3 aliphatic rings. The first-order chi connectivity index (χ1) is 18.1. The van der Waals surface area contributed by atoms with Gasteiger partial charge in [0.1, 0.15) is 5.82 Å². The highest BCUT2D eigenvalue weighted by Crippen LogP contribution is 2.48. The minimum absolute atomic E-state index is 0.142. The van der Waals surface area contributed by atoms with Crippen LogP contribution in [0.4, 0.5) is 22.9 Å². The number of nitrogens with zero attached hydrogens (tertiary/aromatic N) is 3. The van der Waals surface area contributed by atoms with Gasteiger partial charge in [0.25, 0.3) is 5.91 Å². The van der Waals surface area contributed by atoms with Crippen molar-refractivity contribution < 1.29 is 13.7 Å². The maximum Gasteiger partial charge on any atom is 0.255 e. The van der Waals surface area contributed by atoms with Crippen LogP contribution in [0.1, 0.15) is 15.9 Å². The third kappa shape index (κ3) is 5.52. The van der Waals surface area contributed by atoms with E-state index in [0.29, 0.717) is 5.56 Å². The summed E-state index contributed by atoms with van der Waals surface area (Å²) in [5.41, 5.74) is 4.61. The summed E-state index contributed by atoms with van der Waals surface area (Å²) in [6, 6.07) is 15.7. The second-order valence-corrected chi connectivity index (χ2v) is 12.1. The lowest BCUT2D eigenvalue weighted by Gasteiger charge is -2.32. The first-order valence-corrected chi connectivity index (χ1v) is 14.8. The van der Waals surface area contributed by atoms with Crippen molar-refractivity contribution in [2.45, 2.75) is 16.3 Å². The number of morpholine rings is 1. The molecule has 0 radical (unpaired) electrons. The lowest BCUT2D eigenvalue weighted by atomic mass is 10.1. The molecule has 0 aliphatic carbocycles. The molecule has 2 N–H and O–H groups in total. The van der Waals surface area contributed by atoms with Gasteiger partial charge < -0.3 is 20.3 Å². The van der Waals surface area contributed by atoms with Gasteiger partial charge in [-0.3, -0.25) is 13.9 Å². The van der Waals surface area contributed by atoms with Gasteiger partial charge in [0.2, 0.25) is 0 Å². The highest BCUT2D eigenvalue weighted by atomic mass is 32.2. The summed E-state index contributed by atoms with van der Waals surface area (Å²) in [5, 5.41) is 6.48. The van der Waals surface area contributed by atoms with Crippen LogP contribution in [0.5, 0.6) is 0 Å². The first-order valence-electron chi connectivity index (χ1n) is 12.5.